The summed E-state index contributed by atoms with van der Waals surface area (Å²) in [7, 11) is 0. The van der Waals surface area contributed by atoms with E-state index in [2.05, 4.69) is 170 Å². The summed E-state index contributed by atoms with van der Waals surface area (Å²) in [6.45, 7) is 3.11. The first kappa shape index (κ1) is 24.2. The molecule has 0 saturated carbocycles. The molecule has 0 heterocycles. The number of hydrogen-bond donors (Lipinski definition) is 0. The largest absolute Gasteiger partial charge is 0.342 e. The van der Waals surface area contributed by atoms with E-state index < -0.39 is 0 Å². The van der Waals surface area contributed by atoms with Crippen LogP contribution in [0.15, 0.2) is 158 Å². The van der Waals surface area contributed by atoms with Crippen molar-refractivity contribution in [2.24, 2.45) is 0 Å². The van der Waals surface area contributed by atoms with Crippen molar-refractivity contribution in [2.45, 2.75) is 12.3 Å². The average Bonchev–Trinajstić information content (AvgIpc) is 3.34. The summed E-state index contributed by atoms with van der Waals surface area (Å²) in [4.78, 5) is 2.42. The minimum atomic E-state index is -0.388. The third-order valence-electron chi connectivity index (χ3n) is 8.36. The lowest BCUT2D eigenvalue weighted by Gasteiger charge is -2.34. The van der Waals surface area contributed by atoms with Crippen LogP contribution in [0.1, 0.15) is 29.2 Å². The summed E-state index contributed by atoms with van der Waals surface area (Å²) >= 11 is 0. The van der Waals surface area contributed by atoms with Crippen LogP contribution in [0.5, 0.6) is 0 Å². The summed E-state index contributed by atoms with van der Waals surface area (Å²) in [5.74, 6) is 0. The van der Waals surface area contributed by atoms with E-state index in [0.29, 0.717) is 0 Å². The second-order valence-corrected chi connectivity index (χ2v) is 10.4. The van der Waals surface area contributed by atoms with Gasteiger partial charge in [-0.25, -0.2) is 0 Å². The van der Waals surface area contributed by atoms with Crippen molar-refractivity contribution in [3.8, 4) is 22.3 Å². The van der Waals surface area contributed by atoms with Crippen molar-refractivity contribution in [2.75, 3.05) is 11.4 Å². The van der Waals surface area contributed by atoms with Gasteiger partial charge in [0.05, 0.1) is 5.41 Å². The van der Waals surface area contributed by atoms with E-state index in [9.17, 15) is 0 Å². The molecule has 40 heavy (non-hydrogen) atoms. The third kappa shape index (κ3) is 3.78. The van der Waals surface area contributed by atoms with Crippen LogP contribution in [-0.2, 0) is 5.41 Å². The van der Waals surface area contributed by atoms with Crippen molar-refractivity contribution >= 4 is 11.4 Å². The first-order valence-electron chi connectivity index (χ1n) is 14.1. The van der Waals surface area contributed by atoms with Crippen molar-refractivity contribution < 1.29 is 0 Å². The van der Waals surface area contributed by atoms with Crippen molar-refractivity contribution in [1.29, 1.82) is 0 Å². The lowest BCUT2D eigenvalue weighted by Crippen LogP contribution is -2.29. The molecular formula is C39H31N. The molecule has 0 spiro atoms. The predicted molar refractivity (Wildman–Crippen MR) is 168 cm³/mol. The molecule has 1 nitrogen and oxygen atoms in total. The minimum Gasteiger partial charge on any atom is -0.342 e. The van der Waals surface area contributed by atoms with Gasteiger partial charge in [0.25, 0.3) is 0 Å². The molecule has 0 unspecified atom stereocenters. The molecule has 6 aromatic rings. The topological polar surface area (TPSA) is 3.24 Å². The maximum Gasteiger partial charge on any atom is 0.0714 e. The molecule has 0 atom stereocenters. The molecule has 7 rings (SSSR count). The fourth-order valence-corrected chi connectivity index (χ4v) is 6.58. The highest BCUT2D eigenvalue weighted by Gasteiger charge is 2.46. The van der Waals surface area contributed by atoms with Gasteiger partial charge in [-0.2, -0.15) is 0 Å². The molecular weight excluding hydrogens is 482 g/mol. The highest BCUT2D eigenvalue weighted by Crippen LogP contribution is 2.56. The van der Waals surface area contributed by atoms with Gasteiger partial charge in [0.2, 0.25) is 0 Å². The summed E-state index contributed by atoms with van der Waals surface area (Å²) in [6.07, 6.45) is 0. The smallest absolute Gasteiger partial charge is 0.0714 e. The van der Waals surface area contributed by atoms with Gasteiger partial charge < -0.3 is 4.90 Å². The molecule has 0 bridgehead atoms. The Morgan fingerprint density at radius 1 is 0.450 bits per heavy atom. The van der Waals surface area contributed by atoms with Gasteiger partial charge in [-0.05, 0) is 75.7 Å². The van der Waals surface area contributed by atoms with Gasteiger partial charge >= 0.3 is 0 Å². The molecule has 1 heteroatoms. The Labute approximate surface area is 237 Å². The molecule has 6 aromatic carbocycles. The third-order valence-corrected chi connectivity index (χ3v) is 8.36. The van der Waals surface area contributed by atoms with Crippen molar-refractivity contribution in [3.05, 3.63) is 180 Å². The summed E-state index contributed by atoms with van der Waals surface area (Å²) in [5.41, 5.74) is 12.4. The van der Waals surface area contributed by atoms with Crippen LogP contribution in [0.25, 0.3) is 22.3 Å². The normalized spacial score (nSPS) is 12.9. The van der Waals surface area contributed by atoms with E-state index in [-0.39, 0.29) is 5.41 Å². The first-order chi connectivity index (χ1) is 19.8. The number of benzene rings is 6. The molecule has 1 aliphatic rings. The van der Waals surface area contributed by atoms with Crippen LogP contribution < -0.4 is 4.90 Å². The highest BCUT2D eigenvalue weighted by atomic mass is 15.1. The standard InChI is InChI=1S/C39H31N/c1-2-40(33-24-22-30(23-25-33)29-14-6-3-7-15-29)34-26-27-36-35-20-12-13-21-37(35)39(38(36)28-34,31-16-8-4-9-17-31)32-18-10-5-11-19-32/h3-28H,2H2,1H3. The van der Waals surface area contributed by atoms with E-state index in [1.165, 1.54) is 55.9 Å². The van der Waals surface area contributed by atoms with Gasteiger partial charge in [0.1, 0.15) is 0 Å². The molecule has 192 valence electrons. The number of nitrogens with zero attached hydrogens (tertiary/aromatic N) is 1. The maximum atomic E-state index is 2.43. The SMILES string of the molecule is CCN(c1ccc(-c2ccccc2)cc1)c1ccc2c(c1)C(c1ccccc1)(c1ccccc1)c1ccccc1-2. The molecule has 0 N–H and O–H groups in total. The number of anilines is 2. The Morgan fingerprint density at radius 3 is 1.57 bits per heavy atom. The van der Waals surface area contributed by atoms with E-state index >= 15 is 0 Å². The lowest BCUT2D eigenvalue weighted by molar-refractivity contribution is 0.768. The predicted octanol–water partition coefficient (Wildman–Crippen LogP) is 9.87. The van der Waals surface area contributed by atoms with Gasteiger partial charge in [-0.3, -0.25) is 0 Å². The Morgan fingerprint density at radius 2 is 0.950 bits per heavy atom. The monoisotopic (exact) mass is 513 g/mol. The maximum absolute atomic E-state index is 2.43. The number of fused-ring (bicyclic) bond motifs is 3. The Balaban J connectivity index is 1.41. The zero-order chi connectivity index (χ0) is 26.9. The molecule has 0 amide bonds. The summed E-state index contributed by atoms with van der Waals surface area (Å²) in [6, 6.07) is 57.5. The van der Waals surface area contributed by atoms with E-state index in [1.54, 1.807) is 0 Å². The summed E-state index contributed by atoms with van der Waals surface area (Å²) < 4.78 is 0. The fourth-order valence-electron chi connectivity index (χ4n) is 6.58. The fraction of sp³-hybridized carbons (Fsp3) is 0.0769. The lowest BCUT2D eigenvalue weighted by atomic mass is 9.67. The summed E-state index contributed by atoms with van der Waals surface area (Å²) in [5, 5.41) is 0. The molecule has 0 saturated heterocycles. The minimum absolute atomic E-state index is 0.388. The van der Waals surface area contributed by atoms with Crippen LogP contribution >= 0.6 is 0 Å². The number of rotatable bonds is 6. The zero-order valence-electron chi connectivity index (χ0n) is 22.7. The molecule has 1 aliphatic carbocycles. The second-order valence-electron chi connectivity index (χ2n) is 10.4. The second kappa shape index (κ2) is 10.0. The quantitative estimate of drug-likeness (QED) is 0.214. The zero-order valence-corrected chi connectivity index (χ0v) is 22.7. The van der Waals surface area contributed by atoms with Crippen LogP contribution in [0.4, 0.5) is 11.4 Å². The molecule has 0 aromatic heterocycles. The van der Waals surface area contributed by atoms with Gasteiger partial charge in [0, 0.05) is 17.9 Å². The van der Waals surface area contributed by atoms with Crippen LogP contribution in [0.2, 0.25) is 0 Å². The molecule has 0 aliphatic heterocycles. The van der Waals surface area contributed by atoms with Crippen LogP contribution in [-0.4, -0.2) is 6.54 Å². The Hall–Kier alpha value is -4.88. The van der Waals surface area contributed by atoms with Gasteiger partial charge in [0.15, 0.2) is 0 Å². The first-order valence-corrected chi connectivity index (χ1v) is 14.1. The number of hydrogen-bond acceptors (Lipinski definition) is 1. The van der Waals surface area contributed by atoms with Gasteiger partial charge in [-0.15, -0.1) is 0 Å². The van der Waals surface area contributed by atoms with Crippen molar-refractivity contribution in [3.63, 3.8) is 0 Å². The Kier molecular flexibility index (Phi) is 6.06. The average molecular weight is 514 g/mol. The Bertz CT molecular complexity index is 1710. The van der Waals surface area contributed by atoms with E-state index in [4.69, 9.17) is 0 Å². The molecule has 0 radical (unpaired) electrons. The van der Waals surface area contributed by atoms with Gasteiger partial charge in [-0.1, -0.05) is 133 Å². The molecule has 0 fully saturated rings. The van der Waals surface area contributed by atoms with E-state index in [0.717, 1.165) is 6.54 Å². The highest BCUT2D eigenvalue weighted by molar-refractivity contribution is 5.88. The van der Waals surface area contributed by atoms with Crippen LogP contribution in [0, 0.1) is 0 Å². The van der Waals surface area contributed by atoms with E-state index in [1.807, 2.05) is 0 Å². The van der Waals surface area contributed by atoms with Crippen LogP contribution in [0.3, 0.4) is 0 Å². The van der Waals surface area contributed by atoms with Crippen molar-refractivity contribution in [1.82, 2.24) is 0 Å².